The molecule has 2 atom stereocenters. The summed E-state index contributed by atoms with van der Waals surface area (Å²) < 4.78 is 10.7. The zero-order chi connectivity index (χ0) is 21.9. The van der Waals surface area contributed by atoms with Crippen molar-refractivity contribution in [3.05, 3.63) is 29.8 Å². The van der Waals surface area contributed by atoms with E-state index in [-0.39, 0.29) is 26.0 Å². The number of imide groups is 1. The molecule has 1 spiro atoms. The van der Waals surface area contributed by atoms with Crippen LogP contribution >= 0.6 is 0 Å². The Balaban J connectivity index is 1.68. The van der Waals surface area contributed by atoms with Crippen LogP contribution in [0.15, 0.2) is 24.3 Å². The van der Waals surface area contributed by atoms with Gasteiger partial charge in [-0.1, -0.05) is 18.2 Å². The van der Waals surface area contributed by atoms with Crippen LogP contribution in [0.3, 0.4) is 0 Å². The van der Waals surface area contributed by atoms with Gasteiger partial charge in [0, 0.05) is 25.6 Å². The second-order valence-electron chi connectivity index (χ2n) is 7.12. The molecule has 3 rings (SSSR count). The number of ether oxygens (including phenoxy) is 2. The van der Waals surface area contributed by atoms with E-state index in [1.54, 1.807) is 24.3 Å². The smallest absolute Gasteiger partial charge is 0.327 e. The standard InChI is InChI=1S/C20H22N4O6/c1-13(17(26)23(2)10-5-9-21)30-16(25)12-24-18(27)20(22-19(24)28)8-11-29-15-7-4-3-6-14(15)20/h3-4,6-7,13H,5,8,10-12H2,1-2H3,(H,22,28)/t13-,20-/m1/s1. The van der Waals surface area contributed by atoms with Crippen molar-refractivity contribution in [2.24, 2.45) is 0 Å². The molecule has 0 bridgehead atoms. The third-order valence-electron chi connectivity index (χ3n) is 5.14. The summed E-state index contributed by atoms with van der Waals surface area (Å²) in [5.41, 5.74) is -0.751. The van der Waals surface area contributed by atoms with Crippen molar-refractivity contribution in [3.8, 4) is 11.8 Å². The SMILES string of the molecule is C[C@@H](OC(=O)CN1C(=O)N[C@@]2(CCOc3ccccc32)C1=O)C(=O)N(C)CCC#N. The van der Waals surface area contributed by atoms with Gasteiger partial charge >= 0.3 is 12.0 Å². The molecule has 10 nitrogen and oxygen atoms in total. The van der Waals surface area contributed by atoms with Gasteiger partial charge in [-0.2, -0.15) is 5.26 Å². The molecule has 1 N–H and O–H groups in total. The fourth-order valence-electron chi connectivity index (χ4n) is 3.57. The molecule has 0 aromatic heterocycles. The van der Waals surface area contributed by atoms with Gasteiger partial charge in [0.2, 0.25) is 0 Å². The maximum absolute atomic E-state index is 13.1. The Labute approximate surface area is 173 Å². The number of benzene rings is 1. The van der Waals surface area contributed by atoms with Crippen molar-refractivity contribution < 1.29 is 28.7 Å². The highest BCUT2D eigenvalue weighted by molar-refractivity contribution is 6.09. The van der Waals surface area contributed by atoms with E-state index in [2.05, 4.69) is 5.32 Å². The zero-order valence-electron chi connectivity index (χ0n) is 16.7. The number of esters is 1. The number of amides is 4. The zero-order valence-corrected chi connectivity index (χ0v) is 16.7. The number of carbonyl (C=O) groups is 4. The van der Waals surface area contributed by atoms with E-state index in [0.29, 0.717) is 11.3 Å². The Hall–Kier alpha value is -3.61. The van der Waals surface area contributed by atoms with Gasteiger partial charge in [0.05, 0.1) is 19.1 Å². The highest BCUT2D eigenvalue weighted by Crippen LogP contribution is 2.40. The van der Waals surface area contributed by atoms with Gasteiger partial charge in [-0.15, -0.1) is 0 Å². The van der Waals surface area contributed by atoms with Crippen LogP contribution in [0.4, 0.5) is 4.79 Å². The van der Waals surface area contributed by atoms with Gasteiger partial charge in [0.15, 0.2) is 11.6 Å². The van der Waals surface area contributed by atoms with E-state index >= 15 is 0 Å². The average molecular weight is 414 g/mol. The number of carbonyl (C=O) groups excluding carboxylic acids is 4. The summed E-state index contributed by atoms with van der Waals surface area (Å²) in [5, 5.41) is 11.3. The Kier molecular flexibility index (Phi) is 5.91. The minimum Gasteiger partial charge on any atom is -0.493 e. The molecular formula is C20H22N4O6. The Bertz CT molecular complexity index is 926. The Morgan fingerprint density at radius 2 is 2.13 bits per heavy atom. The molecule has 10 heteroatoms. The van der Waals surface area contributed by atoms with E-state index in [4.69, 9.17) is 14.7 Å². The molecule has 0 unspecified atom stereocenters. The summed E-state index contributed by atoms with van der Waals surface area (Å²) in [6.07, 6.45) is -0.725. The van der Waals surface area contributed by atoms with Gasteiger partial charge in [-0.05, 0) is 13.0 Å². The number of nitrogens with zero attached hydrogens (tertiary/aromatic N) is 3. The molecule has 1 aromatic rings. The largest absolute Gasteiger partial charge is 0.493 e. The fourth-order valence-corrected chi connectivity index (χ4v) is 3.57. The molecule has 30 heavy (non-hydrogen) atoms. The van der Waals surface area contributed by atoms with Gasteiger partial charge in [-0.25, -0.2) is 4.79 Å². The first-order chi connectivity index (χ1) is 14.3. The predicted molar refractivity (Wildman–Crippen MR) is 102 cm³/mol. The maximum Gasteiger partial charge on any atom is 0.327 e. The third kappa shape index (κ3) is 3.78. The van der Waals surface area contributed by atoms with Gasteiger partial charge in [0.25, 0.3) is 11.8 Å². The first kappa shape index (κ1) is 21.1. The minimum absolute atomic E-state index is 0.151. The molecule has 1 fully saturated rings. The summed E-state index contributed by atoms with van der Waals surface area (Å²) in [4.78, 5) is 52.2. The van der Waals surface area contributed by atoms with Crippen LogP contribution in [0.25, 0.3) is 0 Å². The lowest BCUT2D eigenvalue weighted by atomic mass is 9.84. The first-order valence-corrected chi connectivity index (χ1v) is 9.48. The number of rotatable bonds is 6. The molecule has 2 aliphatic heterocycles. The molecule has 4 amide bonds. The van der Waals surface area contributed by atoms with E-state index in [0.717, 1.165) is 4.90 Å². The van der Waals surface area contributed by atoms with Crippen LogP contribution in [-0.2, 0) is 24.7 Å². The van der Waals surface area contributed by atoms with E-state index in [1.165, 1.54) is 18.9 Å². The predicted octanol–water partition coefficient (Wildman–Crippen LogP) is 0.520. The van der Waals surface area contributed by atoms with Crippen LogP contribution in [0, 0.1) is 11.3 Å². The van der Waals surface area contributed by atoms with Crippen molar-refractivity contribution >= 4 is 23.8 Å². The van der Waals surface area contributed by atoms with Gasteiger partial charge in [0.1, 0.15) is 12.3 Å². The monoisotopic (exact) mass is 414 g/mol. The van der Waals surface area contributed by atoms with E-state index in [1.807, 2.05) is 6.07 Å². The maximum atomic E-state index is 13.1. The summed E-state index contributed by atoms with van der Waals surface area (Å²) in [7, 11) is 1.49. The number of fused-ring (bicyclic) bond motifs is 2. The normalized spacial score (nSPS) is 20.6. The lowest BCUT2D eigenvalue weighted by molar-refractivity contribution is -0.160. The molecule has 2 heterocycles. The van der Waals surface area contributed by atoms with Crippen LogP contribution in [-0.4, -0.2) is 66.5 Å². The molecule has 0 radical (unpaired) electrons. The van der Waals surface area contributed by atoms with Crippen LogP contribution in [0.1, 0.15) is 25.3 Å². The fraction of sp³-hybridized carbons (Fsp3) is 0.450. The molecule has 1 aromatic carbocycles. The molecule has 0 aliphatic carbocycles. The van der Waals surface area contributed by atoms with Crippen molar-refractivity contribution in [3.63, 3.8) is 0 Å². The van der Waals surface area contributed by atoms with Crippen molar-refractivity contribution in [1.29, 1.82) is 5.26 Å². The highest BCUT2D eigenvalue weighted by Gasteiger charge is 2.55. The van der Waals surface area contributed by atoms with Gasteiger partial charge in [-0.3, -0.25) is 19.3 Å². The number of nitriles is 1. The number of hydrogen-bond donors (Lipinski definition) is 1. The molecular weight excluding hydrogens is 392 g/mol. The minimum atomic E-state index is -1.29. The lowest BCUT2D eigenvalue weighted by Gasteiger charge is -2.33. The van der Waals surface area contributed by atoms with Crippen LogP contribution < -0.4 is 10.1 Å². The van der Waals surface area contributed by atoms with Crippen molar-refractivity contribution in [1.82, 2.24) is 15.1 Å². The summed E-state index contributed by atoms with van der Waals surface area (Å²) in [6, 6.07) is 8.13. The summed E-state index contributed by atoms with van der Waals surface area (Å²) in [5.74, 6) is -1.43. The number of likely N-dealkylation sites (N-methyl/N-ethyl adjacent to an activating group) is 1. The molecule has 158 valence electrons. The summed E-state index contributed by atoms with van der Waals surface area (Å²) in [6.45, 7) is 1.22. The number of para-hydroxylation sites is 1. The highest BCUT2D eigenvalue weighted by atomic mass is 16.5. The average Bonchev–Trinajstić information content (AvgIpc) is 2.96. The first-order valence-electron chi connectivity index (χ1n) is 9.48. The quantitative estimate of drug-likeness (QED) is 0.531. The number of urea groups is 1. The number of hydrogen-bond acceptors (Lipinski definition) is 7. The van der Waals surface area contributed by atoms with E-state index < -0.39 is 42.0 Å². The van der Waals surface area contributed by atoms with Gasteiger partial charge < -0.3 is 19.7 Å². The van der Waals surface area contributed by atoms with Crippen molar-refractivity contribution in [2.45, 2.75) is 31.4 Å². The molecule has 0 saturated carbocycles. The summed E-state index contributed by atoms with van der Waals surface area (Å²) >= 11 is 0. The lowest BCUT2D eigenvalue weighted by Crippen LogP contribution is -2.48. The van der Waals surface area contributed by atoms with E-state index in [9.17, 15) is 19.2 Å². The van der Waals surface area contributed by atoms with Crippen molar-refractivity contribution in [2.75, 3.05) is 26.7 Å². The molecule has 2 aliphatic rings. The molecule has 1 saturated heterocycles. The second-order valence-corrected chi connectivity index (χ2v) is 7.12. The third-order valence-corrected chi connectivity index (χ3v) is 5.14. The van der Waals surface area contributed by atoms with Crippen LogP contribution in [0.2, 0.25) is 0 Å². The second kappa shape index (κ2) is 8.41. The topological polar surface area (TPSA) is 129 Å². The number of nitrogens with one attached hydrogen (secondary N) is 1. The Morgan fingerprint density at radius 1 is 1.40 bits per heavy atom. The Morgan fingerprint density at radius 3 is 2.87 bits per heavy atom. The van der Waals surface area contributed by atoms with Crippen LogP contribution in [0.5, 0.6) is 5.75 Å².